The largest absolute Gasteiger partial charge is 0.354 e. The minimum absolute atomic E-state index is 0.0847. The van der Waals surface area contributed by atoms with Crippen molar-refractivity contribution in [2.75, 3.05) is 6.54 Å². The van der Waals surface area contributed by atoms with Gasteiger partial charge in [0, 0.05) is 13.1 Å². The fourth-order valence-corrected chi connectivity index (χ4v) is 2.70. The van der Waals surface area contributed by atoms with Crippen molar-refractivity contribution >= 4 is 16.9 Å². The van der Waals surface area contributed by atoms with Crippen molar-refractivity contribution < 1.29 is 9.18 Å². The Bertz CT molecular complexity index is 852. The topological polar surface area (TPSA) is 46.9 Å². The maximum atomic E-state index is 13.1. The maximum Gasteiger partial charge on any atom is 0.230 e. The van der Waals surface area contributed by atoms with E-state index in [2.05, 4.69) is 10.3 Å². The van der Waals surface area contributed by atoms with E-state index in [4.69, 9.17) is 0 Å². The molecule has 1 N–H and O–H groups in total. The molecule has 0 radical (unpaired) electrons. The summed E-state index contributed by atoms with van der Waals surface area (Å²) in [5.74, 6) is -0.388. The number of nitrogens with one attached hydrogen (secondary N) is 1. The Morgan fingerprint density at radius 2 is 1.88 bits per heavy atom. The van der Waals surface area contributed by atoms with Gasteiger partial charge in [-0.15, -0.1) is 0 Å². The number of nitrogens with zero attached hydrogens (tertiary/aromatic N) is 2. The molecule has 1 amide bonds. The second-order valence-electron chi connectivity index (χ2n) is 6.31. The van der Waals surface area contributed by atoms with E-state index in [1.165, 1.54) is 12.1 Å². The number of para-hydroxylation sites is 2. The molecule has 4 nitrogen and oxygen atoms in total. The molecule has 3 aromatic rings. The predicted molar refractivity (Wildman–Crippen MR) is 92.2 cm³/mol. The molecule has 0 atom stereocenters. The number of carbonyl (C=O) groups excluding carboxylic acids is 1. The fraction of sp³-hybridized carbons (Fsp3) is 0.263. The van der Waals surface area contributed by atoms with Crippen LogP contribution in [0.3, 0.4) is 0 Å². The van der Waals surface area contributed by atoms with Gasteiger partial charge in [0.1, 0.15) is 5.82 Å². The van der Waals surface area contributed by atoms with Gasteiger partial charge < -0.3 is 9.88 Å². The van der Waals surface area contributed by atoms with Crippen molar-refractivity contribution in [2.45, 2.75) is 25.8 Å². The van der Waals surface area contributed by atoms with Crippen LogP contribution >= 0.6 is 0 Å². The molecule has 24 heavy (non-hydrogen) atoms. The molecule has 1 heterocycles. The minimum Gasteiger partial charge on any atom is -0.354 e. The summed E-state index contributed by atoms with van der Waals surface area (Å²) >= 11 is 0. The molecule has 0 spiro atoms. The highest BCUT2D eigenvalue weighted by atomic mass is 19.1. The average molecular weight is 325 g/mol. The highest BCUT2D eigenvalue weighted by molar-refractivity contribution is 5.87. The van der Waals surface area contributed by atoms with Gasteiger partial charge in [0.05, 0.1) is 22.8 Å². The molecule has 2 aromatic carbocycles. The molecule has 0 saturated heterocycles. The minimum atomic E-state index is -0.718. The van der Waals surface area contributed by atoms with Crippen LogP contribution in [0.25, 0.3) is 11.0 Å². The van der Waals surface area contributed by atoms with Crippen molar-refractivity contribution in [3.8, 4) is 0 Å². The third kappa shape index (κ3) is 3.15. The molecule has 1 aromatic heterocycles. The Morgan fingerprint density at radius 3 is 2.62 bits per heavy atom. The quantitative estimate of drug-likeness (QED) is 0.782. The average Bonchev–Trinajstić information content (AvgIpc) is 2.98. The van der Waals surface area contributed by atoms with E-state index in [1.54, 1.807) is 18.5 Å². The molecule has 0 aliphatic carbocycles. The van der Waals surface area contributed by atoms with Crippen LogP contribution in [0.5, 0.6) is 0 Å². The zero-order chi connectivity index (χ0) is 17.2. The van der Waals surface area contributed by atoms with Crippen molar-refractivity contribution in [3.63, 3.8) is 0 Å². The lowest BCUT2D eigenvalue weighted by Gasteiger charge is -2.24. The van der Waals surface area contributed by atoms with Crippen LogP contribution in [0.15, 0.2) is 54.9 Å². The highest BCUT2D eigenvalue weighted by Crippen LogP contribution is 2.23. The molecule has 124 valence electrons. The van der Waals surface area contributed by atoms with Crippen LogP contribution in [0, 0.1) is 5.82 Å². The summed E-state index contributed by atoms with van der Waals surface area (Å²) in [4.78, 5) is 16.8. The number of halogens is 1. The smallest absolute Gasteiger partial charge is 0.230 e. The van der Waals surface area contributed by atoms with Gasteiger partial charge in [0.2, 0.25) is 5.91 Å². The van der Waals surface area contributed by atoms with Crippen LogP contribution in [0.2, 0.25) is 0 Å². The zero-order valence-corrected chi connectivity index (χ0v) is 13.8. The first kappa shape index (κ1) is 16.2. The van der Waals surface area contributed by atoms with Crippen LogP contribution < -0.4 is 5.32 Å². The number of aromatic nitrogens is 2. The number of hydrogen-bond donors (Lipinski definition) is 1. The van der Waals surface area contributed by atoms with Crippen LogP contribution in [-0.2, 0) is 16.8 Å². The van der Waals surface area contributed by atoms with Crippen molar-refractivity contribution in [1.29, 1.82) is 0 Å². The highest BCUT2D eigenvalue weighted by Gasteiger charge is 2.29. The van der Waals surface area contributed by atoms with Crippen molar-refractivity contribution in [1.82, 2.24) is 14.9 Å². The third-order valence-electron chi connectivity index (χ3n) is 4.30. The number of fused-ring (bicyclic) bond motifs is 1. The molecule has 0 bridgehead atoms. The number of benzene rings is 2. The molecule has 0 aliphatic rings. The summed E-state index contributed by atoms with van der Waals surface area (Å²) in [6.07, 6.45) is 1.78. The molecule has 3 rings (SSSR count). The fourth-order valence-electron chi connectivity index (χ4n) is 2.70. The van der Waals surface area contributed by atoms with Gasteiger partial charge in [-0.2, -0.15) is 0 Å². The first-order valence-corrected chi connectivity index (χ1v) is 7.93. The Hall–Kier alpha value is -2.69. The van der Waals surface area contributed by atoms with E-state index in [1.807, 2.05) is 42.7 Å². The third-order valence-corrected chi connectivity index (χ3v) is 4.30. The Labute approximate surface area is 140 Å². The molecular weight excluding hydrogens is 305 g/mol. The Morgan fingerprint density at radius 1 is 1.17 bits per heavy atom. The van der Waals surface area contributed by atoms with E-state index < -0.39 is 5.41 Å². The van der Waals surface area contributed by atoms with E-state index in [0.29, 0.717) is 13.1 Å². The van der Waals surface area contributed by atoms with E-state index >= 15 is 0 Å². The zero-order valence-electron chi connectivity index (χ0n) is 13.8. The van der Waals surface area contributed by atoms with Crippen LogP contribution in [0.1, 0.15) is 19.4 Å². The summed E-state index contributed by atoms with van der Waals surface area (Å²) in [6, 6.07) is 13.9. The second kappa shape index (κ2) is 6.43. The summed E-state index contributed by atoms with van der Waals surface area (Å²) in [5.41, 5.74) is 2.06. The molecular formula is C19H20FN3O. The normalized spacial score (nSPS) is 11.6. The van der Waals surface area contributed by atoms with Crippen LogP contribution in [0.4, 0.5) is 4.39 Å². The number of amides is 1. The van der Waals surface area contributed by atoms with E-state index in [9.17, 15) is 9.18 Å². The molecule has 0 saturated carbocycles. The van der Waals surface area contributed by atoms with E-state index in [0.717, 1.165) is 16.6 Å². The number of carbonyl (C=O) groups is 1. The Balaban J connectivity index is 1.63. The standard InChI is InChI=1S/C19H20FN3O/c1-19(2,14-7-9-15(20)10-8-14)18(24)21-11-12-23-13-22-16-5-3-4-6-17(16)23/h3-10,13H,11-12H2,1-2H3,(H,21,24). The summed E-state index contributed by atoms with van der Waals surface area (Å²) < 4.78 is 15.1. The molecule has 0 aliphatic heterocycles. The van der Waals surface area contributed by atoms with Crippen molar-refractivity contribution in [2.24, 2.45) is 0 Å². The summed E-state index contributed by atoms with van der Waals surface area (Å²) in [7, 11) is 0. The number of rotatable bonds is 5. The van der Waals surface area contributed by atoms with Gasteiger partial charge in [-0.3, -0.25) is 4.79 Å². The van der Waals surface area contributed by atoms with Gasteiger partial charge in [-0.1, -0.05) is 24.3 Å². The Kier molecular flexibility index (Phi) is 4.34. The predicted octanol–water partition coefficient (Wildman–Crippen LogP) is 3.27. The first-order valence-electron chi connectivity index (χ1n) is 7.93. The SMILES string of the molecule is CC(C)(C(=O)NCCn1cnc2ccccc21)c1ccc(F)cc1. The summed E-state index contributed by atoms with van der Waals surface area (Å²) in [5, 5.41) is 2.96. The van der Waals surface area contributed by atoms with Gasteiger partial charge in [-0.05, 0) is 43.7 Å². The summed E-state index contributed by atoms with van der Waals surface area (Å²) in [6.45, 7) is 4.82. The maximum absolute atomic E-state index is 13.1. The van der Waals surface area contributed by atoms with E-state index in [-0.39, 0.29) is 11.7 Å². The van der Waals surface area contributed by atoms with Gasteiger partial charge in [0.25, 0.3) is 0 Å². The second-order valence-corrected chi connectivity index (χ2v) is 6.31. The van der Waals surface area contributed by atoms with Gasteiger partial charge in [-0.25, -0.2) is 9.37 Å². The lowest BCUT2D eigenvalue weighted by atomic mass is 9.84. The lowest BCUT2D eigenvalue weighted by molar-refractivity contribution is -0.125. The number of hydrogen-bond acceptors (Lipinski definition) is 2. The first-order chi connectivity index (χ1) is 11.5. The number of imidazole rings is 1. The molecule has 5 heteroatoms. The molecule has 0 unspecified atom stereocenters. The van der Waals surface area contributed by atoms with Gasteiger partial charge in [0.15, 0.2) is 0 Å². The lowest BCUT2D eigenvalue weighted by Crippen LogP contribution is -2.41. The van der Waals surface area contributed by atoms with Crippen LogP contribution in [-0.4, -0.2) is 22.0 Å². The molecule has 0 fully saturated rings. The monoisotopic (exact) mass is 325 g/mol. The van der Waals surface area contributed by atoms with Gasteiger partial charge >= 0.3 is 0 Å². The van der Waals surface area contributed by atoms with Crippen molar-refractivity contribution in [3.05, 3.63) is 66.2 Å².